The molecule has 0 radical (unpaired) electrons. The zero-order valence-electron chi connectivity index (χ0n) is 23.0. The van der Waals surface area contributed by atoms with Crippen LogP contribution in [-0.4, -0.2) is 84.3 Å². The Labute approximate surface area is 236 Å². The lowest BCUT2D eigenvalue weighted by Gasteiger charge is -2.41. The second-order valence-corrected chi connectivity index (χ2v) is 10.5. The number of hydrogen-bond donors (Lipinski definition) is 2. The quantitative estimate of drug-likeness (QED) is 0.460. The molecule has 0 spiro atoms. The van der Waals surface area contributed by atoms with Crippen molar-refractivity contribution in [1.29, 1.82) is 0 Å². The Morgan fingerprint density at radius 3 is 2.05 bits per heavy atom. The number of aryl methyl sites for hydroxylation is 1. The molecule has 0 bridgehead atoms. The van der Waals surface area contributed by atoms with Gasteiger partial charge in [0.15, 0.2) is 0 Å². The molecule has 0 saturated carbocycles. The van der Waals surface area contributed by atoms with Crippen LogP contribution in [0.3, 0.4) is 0 Å². The van der Waals surface area contributed by atoms with E-state index in [2.05, 4.69) is 69.0 Å². The Morgan fingerprint density at radius 1 is 0.850 bits per heavy atom. The molecule has 40 heavy (non-hydrogen) atoms. The van der Waals surface area contributed by atoms with Gasteiger partial charge in [0.25, 0.3) is 0 Å². The molecule has 0 aromatic heterocycles. The van der Waals surface area contributed by atoms with Gasteiger partial charge in [0.2, 0.25) is 17.7 Å². The van der Waals surface area contributed by atoms with E-state index >= 15 is 0 Å². The van der Waals surface area contributed by atoms with Crippen molar-refractivity contribution in [2.24, 2.45) is 0 Å². The molecule has 208 valence electrons. The minimum atomic E-state index is -0.812. The van der Waals surface area contributed by atoms with Gasteiger partial charge in [0, 0.05) is 45.0 Å². The van der Waals surface area contributed by atoms with Crippen LogP contribution in [0.2, 0.25) is 0 Å². The van der Waals surface area contributed by atoms with Gasteiger partial charge in [-0.05, 0) is 30.2 Å². The SMILES string of the molecule is Cc1ccc(NC(=O)C[C@@H]2C(=O)NCCN2C(=O)CN2CCN(C(c3ccccc3)c3ccccc3)CC2)cc1. The van der Waals surface area contributed by atoms with E-state index in [1.54, 1.807) is 4.90 Å². The zero-order chi connectivity index (χ0) is 27.9. The van der Waals surface area contributed by atoms with Gasteiger partial charge < -0.3 is 15.5 Å². The molecule has 3 aromatic carbocycles. The number of nitrogens with one attached hydrogen (secondary N) is 2. The van der Waals surface area contributed by atoms with Crippen molar-refractivity contribution in [3.63, 3.8) is 0 Å². The molecule has 2 aliphatic rings. The van der Waals surface area contributed by atoms with E-state index in [0.717, 1.165) is 31.7 Å². The molecular formula is C32H37N5O3. The average Bonchev–Trinajstić information content (AvgIpc) is 2.97. The third-order valence-corrected chi connectivity index (χ3v) is 7.73. The number of carbonyl (C=O) groups is 3. The molecule has 8 heteroatoms. The summed E-state index contributed by atoms with van der Waals surface area (Å²) < 4.78 is 0. The molecule has 8 nitrogen and oxygen atoms in total. The van der Waals surface area contributed by atoms with Gasteiger partial charge in [0.1, 0.15) is 6.04 Å². The Bertz CT molecular complexity index is 1250. The zero-order valence-corrected chi connectivity index (χ0v) is 23.0. The summed E-state index contributed by atoms with van der Waals surface area (Å²) >= 11 is 0. The van der Waals surface area contributed by atoms with E-state index in [4.69, 9.17) is 0 Å². The highest BCUT2D eigenvalue weighted by molar-refractivity contribution is 5.97. The molecule has 2 aliphatic heterocycles. The van der Waals surface area contributed by atoms with Crippen molar-refractivity contribution in [3.05, 3.63) is 102 Å². The second-order valence-electron chi connectivity index (χ2n) is 10.5. The normalized spacial score (nSPS) is 18.4. The Kier molecular flexibility index (Phi) is 8.88. The Hall–Kier alpha value is -4.01. The number of carbonyl (C=O) groups excluding carboxylic acids is 3. The maximum atomic E-state index is 13.4. The van der Waals surface area contributed by atoms with Crippen LogP contribution in [0.4, 0.5) is 5.69 Å². The maximum Gasteiger partial charge on any atom is 0.243 e. The van der Waals surface area contributed by atoms with Gasteiger partial charge in [0.05, 0.1) is 19.0 Å². The fourth-order valence-electron chi connectivity index (χ4n) is 5.59. The number of rotatable bonds is 8. The van der Waals surface area contributed by atoms with Gasteiger partial charge in [-0.15, -0.1) is 0 Å². The molecule has 2 saturated heterocycles. The van der Waals surface area contributed by atoms with E-state index in [1.165, 1.54) is 11.1 Å². The van der Waals surface area contributed by atoms with Crippen LogP contribution >= 0.6 is 0 Å². The van der Waals surface area contributed by atoms with Gasteiger partial charge >= 0.3 is 0 Å². The fraction of sp³-hybridized carbons (Fsp3) is 0.344. The summed E-state index contributed by atoms with van der Waals surface area (Å²) in [7, 11) is 0. The molecule has 2 N–H and O–H groups in total. The lowest BCUT2D eigenvalue weighted by atomic mass is 9.96. The van der Waals surface area contributed by atoms with Crippen LogP contribution in [0.25, 0.3) is 0 Å². The first-order valence-electron chi connectivity index (χ1n) is 14.0. The second kappa shape index (κ2) is 12.9. The van der Waals surface area contributed by atoms with E-state index in [1.807, 2.05) is 43.3 Å². The molecule has 2 fully saturated rings. The summed E-state index contributed by atoms with van der Waals surface area (Å²) in [5.41, 5.74) is 4.28. The van der Waals surface area contributed by atoms with Crippen LogP contribution in [0, 0.1) is 6.92 Å². The van der Waals surface area contributed by atoms with Crippen molar-refractivity contribution in [2.75, 3.05) is 51.1 Å². The van der Waals surface area contributed by atoms with Gasteiger partial charge in [-0.25, -0.2) is 0 Å². The summed E-state index contributed by atoms with van der Waals surface area (Å²) in [5.74, 6) is -0.679. The lowest BCUT2D eigenvalue weighted by molar-refractivity contribution is -0.145. The Balaban J connectivity index is 1.19. The third-order valence-electron chi connectivity index (χ3n) is 7.73. The predicted octanol–water partition coefficient (Wildman–Crippen LogP) is 3.06. The van der Waals surface area contributed by atoms with E-state index in [9.17, 15) is 14.4 Å². The summed E-state index contributed by atoms with van der Waals surface area (Å²) in [5, 5.41) is 5.66. The largest absolute Gasteiger partial charge is 0.353 e. The summed E-state index contributed by atoms with van der Waals surface area (Å²) in [6.45, 7) is 6.16. The first-order chi connectivity index (χ1) is 19.5. The average molecular weight is 540 g/mol. The number of anilines is 1. The standard InChI is InChI=1S/C32H37N5O3/c1-24-12-14-27(15-13-24)34-29(38)22-28-32(40)33-16-17-37(28)30(39)23-35-18-20-36(21-19-35)31(25-8-4-2-5-9-25)26-10-6-3-7-11-26/h2-15,28,31H,16-23H2,1H3,(H,33,40)(H,34,38)/t28-/m1/s1. The van der Waals surface area contributed by atoms with E-state index in [-0.39, 0.29) is 36.7 Å². The van der Waals surface area contributed by atoms with Gasteiger partial charge in [-0.1, -0.05) is 78.4 Å². The van der Waals surface area contributed by atoms with Crippen LogP contribution in [-0.2, 0) is 14.4 Å². The first kappa shape index (κ1) is 27.6. The first-order valence-corrected chi connectivity index (χ1v) is 14.0. The number of benzene rings is 3. The minimum Gasteiger partial charge on any atom is -0.353 e. The smallest absolute Gasteiger partial charge is 0.243 e. The number of hydrogen-bond acceptors (Lipinski definition) is 5. The summed E-state index contributed by atoms with van der Waals surface area (Å²) in [4.78, 5) is 45.1. The molecule has 0 unspecified atom stereocenters. The van der Waals surface area contributed by atoms with E-state index < -0.39 is 6.04 Å². The highest BCUT2D eigenvalue weighted by Crippen LogP contribution is 2.29. The highest BCUT2D eigenvalue weighted by Gasteiger charge is 2.36. The maximum absolute atomic E-state index is 13.4. The van der Waals surface area contributed by atoms with Gasteiger partial charge in [-0.3, -0.25) is 24.2 Å². The van der Waals surface area contributed by atoms with Crippen molar-refractivity contribution < 1.29 is 14.4 Å². The van der Waals surface area contributed by atoms with Crippen LogP contribution in [0.1, 0.15) is 29.2 Å². The van der Waals surface area contributed by atoms with Crippen molar-refractivity contribution in [2.45, 2.75) is 25.4 Å². The van der Waals surface area contributed by atoms with Crippen molar-refractivity contribution >= 4 is 23.4 Å². The minimum absolute atomic E-state index is 0.0743. The van der Waals surface area contributed by atoms with Crippen LogP contribution in [0.15, 0.2) is 84.9 Å². The molecule has 5 rings (SSSR count). The molecule has 1 atom stereocenters. The summed E-state index contributed by atoms with van der Waals surface area (Å²) in [6.07, 6.45) is -0.0743. The topological polar surface area (TPSA) is 85.0 Å². The monoisotopic (exact) mass is 539 g/mol. The summed E-state index contributed by atoms with van der Waals surface area (Å²) in [6, 6.07) is 27.9. The number of amides is 3. The third kappa shape index (κ3) is 6.76. The Morgan fingerprint density at radius 2 is 1.45 bits per heavy atom. The van der Waals surface area contributed by atoms with Crippen LogP contribution in [0.5, 0.6) is 0 Å². The van der Waals surface area contributed by atoms with Gasteiger partial charge in [-0.2, -0.15) is 0 Å². The van der Waals surface area contributed by atoms with Crippen molar-refractivity contribution in [1.82, 2.24) is 20.0 Å². The fourth-order valence-corrected chi connectivity index (χ4v) is 5.59. The van der Waals surface area contributed by atoms with E-state index in [0.29, 0.717) is 18.8 Å². The predicted molar refractivity (Wildman–Crippen MR) is 156 cm³/mol. The molecule has 3 aromatic rings. The van der Waals surface area contributed by atoms with Crippen LogP contribution < -0.4 is 10.6 Å². The molecular weight excluding hydrogens is 502 g/mol. The molecule has 2 heterocycles. The number of nitrogens with zero attached hydrogens (tertiary/aromatic N) is 3. The molecule has 3 amide bonds. The lowest BCUT2D eigenvalue weighted by Crippen LogP contribution is -2.60. The highest BCUT2D eigenvalue weighted by atomic mass is 16.2. The molecule has 0 aliphatic carbocycles. The number of piperazine rings is 2. The van der Waals surface area contributed by atoms with Crippen molar-refractivity contribution in [3.8, 4) is 0 Å².